The van der Waals surface area contributed by atoms with Gasteiger partial charge in [-0.1, -0.05) is 36.4 Å². The molecule has 0 aliphatic rings. The summed E-state index contributed by atoms with van der Waals surface area (Å²) in [6.07, 6.45) is 0.503. The van der Waals surface area contributed by atoms with Gasteiger partial charge in [-0.3, -0.25) is 4.79 Å². The lowest BCUT2D eigenvalue weighted by Crippen LogP contribution is -2.42. The summed E-state index contributed by atoms with van der Waals surface area (Å²) < 4.78 is 0. The van der Waals surface area contributed by atoms with Gasteiger partial charge in [0.1, 0.15) is 6.04 Å². The maximum Gasteiger partial charge on any atom is 0.326 e. The van der Waals surface area contributed by atoms with Crippen molar-refractivity contribution in [2.45, 2.75) is 18.9 Å². The normalized spacial score (nSPS) is 11.8. The molecule has 1 amide bonds. The molecule has 2 N–H and O–H groups in total. The summed E-state index contributed by atoms with van der Waals surface area (Å²) in [7, 11) is 0. The van der Waals surface area contributed by atoms with Crippen LogP contribution in [0.2, 0.25) is 0 Å². The van der Waals surface area contributed by atoms with Crippen molar-refractivity contribution in [1.29, 1.82) is 0 Å². The van der Waals surface area contributed by atoms with Crippen LogP contribution in [0.4, 0.5) is 0 Å². The van der Waals surface area contributed by atoms with Crippen molar-refractivity contribution in [3.05, 3.63) is 58.3 Å². The van der Waals surface area contributed by atoms with Gasteiger partial charge < -0.3 is 10.4 Å². The molecule has 0 saturated heterocycles. The van der Waals surface area contributed by atoms with E-state index < -0.39 is 12.0 Å². The number of carboxylic acids is 1. The largest absolute Gasteiger partial charge is 0.480 e. The van der Waals surface area contributed by atoms with Crippen LogP contribution in [-0.4, -0.2) is 23.0 Å². The summed E-state index contributed by atoms with van der Waals surface area (Å²) in [5.41, 5.74) is 0.885. The SMILES string of the molecule is O=C(Cc1cccs1)N[C@@H](Cc1ccccc1)C(=O)O. The van der Waals surface area contributed by atoms with Crippen molar-refractivity contribution in [3.63, 3.8) is 0 Å². The maximum atomic E-state index is 11.8. The van der Waals surface area contributed by atoms with Crippen LogP contribution in [0.3, 0.4) is 0 Å². The molecule has 0 aliphatic heterocycles. The number of nitrogens with one attached hydrogen (secondary N) is 1. The quantitative estimate of drug-likeness (QED) is 0.856. The van der Waals surface area contributed by atoms with E-state index in [2.05, 4.69) is 5.32 Å². The minimum atomic E-state index is -1.02. The van der Waals surface area contributed by atoms with Gasteiger partial charge in [-0.15, -0.1) is 11.3 Å². The Balaban J connectivity index is 1.95. The van der Waals surface area contributed by atoms with E-state index >= 15 is 0 Å². The summed E-state index contributed by atoms with van der Waals surface area (Å²) in [6.45, 7) is 0. The third-order valence-corrected chi connectivity index (χ3v) is 3.71. The average molecular weight is 289 g/mol. The van der Waals surface area contributed by atoms with Crippen LogP contribution >= 0.6 is 11.3 Å². The van der Waals surface area contributed by atoms with E-state index in [9.17, 15) is 14.7 Å². The molecule has 2 aromatic rings. The molecule has 0 spiro atoms. The number of thiophene rings is 1. The lowest BCUT2D eigenvalue weighted by molar-refractivity contribution is -0.141. The molecule has 20 heavy (non-hydrogen) atoms. The van der Waals surface area contributed by atoms with Gasteiger partial charge in [0.2, 0.25) is 5.91 Å². The minimum Gasteiger partial charge on any atom is -0.480 e. The highest BCUT2D eigenvalue weighted by Crippen LogP contribution is 2.09. The summed E-state index contributed by atoms with van der Waals surface area (Å²) in [6, 6.07) is 12.1. The smallest absolute Gasteiger partial charge is 0.326 e. The topological polar surface area (TPSA) is 66.4 Å². The predicted octanol–water partition coefficient (Wildman–Crippen LogP) is 2.10. The monoisotopic (exact) mass is 289 g/mol. The second-order valence-corrected chi connectivity index (χ2v) is 5.44. The fourth-order valence-electron chi connectivity index (χ4n) is 1.87. The Kier molecular flexibility index (Phi) is 4.90. The van der Waals surface area contributed by atoms with Gasteiger partial charge >= 0.3 is 5.97 Å². The van der Waals surface area contributed by atoms with Crippen molar-refractivity contribution in [2.24, 2.45) is 0 Å². The van der Waals surface area contributed by atoms with Gasteiger partial charge in [-0.25, -0.2) is 4.79 Å². The Bertz CT molecular complexity index is 566. The molecular formula is C15H15NO3S. The molecule has 104 valence electrons. The van der Waals surface area contributed by atoms with Crippen LogP contribution in [0.5, 0.6) is 0 Å². The third kappa shape index (κ3) is 4.20. The Morgan fingerprint density at radius 2 is 1.90 bits per heavy atom. The first kappa shape index (κ1) is 14.3. The van der Waals surface area contributed by atoms with Crippen LogP contribution < -0.4 is 5.32 Å². The number of carbonyl (C=O) groups excluding carboxylic acids is 1. The van der Waals surface area contributed by atoms with Crippen LogP contribution in [0.15, 0.2) is 47.8 Å². The van der Waals surface area contributed by atoms with Crippen LogP contribution in [0.25, 0.3) is 0 Å². The first-order valence-corrected chi connectivity index (χ1v) is 7.11. The van der Waals surface area contributed by atoms with Crippen LogP contribution in [0.1, 0.15) is 10.4 Å². The van der Waals surface area contributed by atoms with Gasteiger partial charge in [-0.2, -0.15) is 0 Å². The molecule has 0 unspecified atom stereocenters. The Hall–Kier alpha value is -2.14. The van der Waals surface area contributed by atoms with E-state index in [1.165, 1.54) is 11.3 Å². The Morgan fingerprint density at radius 1 is 1.15 bits per heavy atom. The minimum absolute atomic E-state index is 0.218. The Morgan fingerprint density at radius 3 is 2.50 bits per heavy atom. The first-order chi connectivity index (χ1) is 9.65. The van der Waals surface area contributed by atoms with E-state index in [0.717, 1.165) is 10.4 Å². The molecule has 1 heterocycles. The highest BCUT2D eigenvalue weighted by atomic mass is 32.1. The highest BCUT2D eigenvalue weighted by Gasteiger charge is 2.20. The molecule has 1 aromatic heterocycles. The summed E-state index contributed by atoms with van der Waals surface area (Å²) in [5, 5.41) is 13.7. The molecule has 0 saturated carbocycles. The number of hydrogen-bond donors (Lipinski definition) is 2. The van der Waals surface area contributed by atoms with Crippen molar-refractivity contribution < 1.29 is 14.7 Å². The zero-order valence-corrected chi connectivity index (χ0v) is 11.6. The summed E-state index contributed by atoms with van der Waals surface area (Å²) in [5.74, 6) is -1.29. The molecular weight excluding hydrogens is 274 g/mol. The molecule has 0 fully saturated rings. The summed E-state index contributed by atoms with van der Waals surface area (Å²) >= 11 is 1.48. The number of carboxylic acid groups (broad SMARTS) is 1. The van der Waals surface area contributed by atoms with E-state index in [1.54, 1.807) is 0 Å². The van der Waals surface area contributed by atoms with Crippen LogP contribution in [0, 0.1) is 0 Å². The van der Waals surface area contributed by atoms with Gasteiger partial charge in [0.15, 0.2) is 0 Å². The van der Waals surface area contributed by atoms with Gasteiger partial charge in [0.05, 0.1) is 6.42 Å². The highest BCUT2D eigenvalue weighted by molar-refractivity contribution is 7.10. The second kappa shape index (κ2) is 6.86. The molecule has 0 bridgehead atoms. The zero-order valence-electron chi connectivity index (χ0n) is 10.8. The van der Waals surface area contributed by atoms with E-state index in [4.69, 9.17) is 0 Å². The van der Waals surface area contributed by atoms with E-state index in [-0.39, 0.29) is 18.7 Å². The molecule has 2 rings (SSSR count). The van der Waals surface area contributed by atoms with Crippen molar-refractivity contribution >= 4 is 23.2 Å². The molecule has 1 atom stereocenters. The van der Waals surface area contributed by atoms with Crippen molar-refractivity contribution in [1.82, 2.24) is 5.32 Å². The van der Waals surface area contributed by atoms with Gasteiger partial charge in [0.25, 0.3) is 0 Å². The fourth-order valence-corrected chi connectivity index (χ4v) is 2.57. The number of hydrogen-bond acceptors (Lipinski definition) is 3. The second-order valence-electron chi connectivity index (χ2n) is 4.40. The molecule has 4 nitrogen and oxygen atoms in total. The van der Waals surface area contributed by atoms with Gasteiger partial charge in [-0.05, 0) is 17.0 Å². The Labute approximate surface area is 121 Å². The van der Waals surface area contributed by atoms with Crippen molar-refractivity contribution in [3.8, 4) is 0 Å². The molecule has 1 aromatic carbocycles. The standard InChI is InChI=1S/C15H15NO3S/c17-14(10-12-7-4-8-20-12)16-13(15(18)19)9-11-5-2-1-3-6-11/h1-8,13H,9-10H2,(H,16,17)(H,18,19)/t13-/m0/s1. The average Bonchev–Trinajstić information content (AvgIpc) is 2.92. The third-order valence-electron chi connectivity index (χ3n) is 2.83. The van der Waals surface area contributed by atoms with E-state index in [1.807, 2.05) is 47.8 Å². The van der Waals surface area contributed by atoms with E-state index in [0.29, 0.717) is 0 Å². The maximum absolute atomic E-state index is 11.8. The summed E-state index contributed by atoms with van der Waals surface area (Å²) in [4.78, 5) is 24.0. The number of aliphatic carboxylic acids is 1. The lowest BCUT2D eigenvalue weighted by atomic mass is 10.1. The predicted molar refractivity (Wildman–Crippen MR) is 77.7 cm³/mol. The number of benzene rings is 1. The molecule has 5 heteroatoms. The molecule has 0 aliphatic carbocycles. The lowest BCUT2D eigenvalue weighted by Gasteiger charge is -2.14. The number of amides is 1. The fraction of sp³-hybridized carbons (Fsp3) is 0.200. The number of carbonyl (C=O) groups is 2. The van der Waals surface area contributed by atoms with Gasteiger partial charge in [0, 0.05) is 11.3 Å². The molecule has 0 radical (unpaired) electrons. The number of rotatable bonds is 6. The van der Waals surface area contributed by atoms with Crippen molar-refractivity contribution in [2.75, 3.05) is 0 Å². The van der Waals surface area contributed by atoms with Crippen LogP contribution in [-0.2, 0) is 22.4 Å². The zero-order chi connectivity index (χ0) is 14.4. The first-order valence-electron chi connectivity index (χ1n) is 6.23.